The summed E-state index contributed by atoms with van der Waals surface area (Å²) in [5.41, 5.74) is 5.42. The van der Waals surface area contributed by atoms with Gasteiger partial charge in [0.1, 0.15) is 5.82 Å². The zero-order valence-corrected chi connectivity index (χ0v) is 11.5. The molecule has 0 aliphatic heterocycles. The van der Waals surface area contributed by atoms with E-state index in [0.29, 0.717) is 0 Å². The Morgan fingerprint density at radius 2 is 1.75 bits per heavy atom. The Morgan fingerprint density at radius 1 is 1.05 bits per heavy atom. The Hall–Kier alpha value is -1.76. The van der Waals surface area contributed by atoms with Crippen LogP contribution >= 0.6 is 15.9 Å². The van der Waals surface area contributed by atoms with Gasteiger partial charge in [0, 0.05) is 10.2 Å². The summed E-state index contributed by atoms with van der Waals surface area (Å²) >= 11 is 2.85. The van der Waals surface area contributed by atoms with Crippen LogP contribution in [0.3, 0.4) is 0 Å². The summed E-state index contributed by atoms with van der Waals surface area (Å²) in [6.45, 7) is 0. The van der Waals surface area contributed by atoms with Gasteiger partial charge in [0.25, 0.3) is 0 Å². The lowest BCUT2D eigenvalue weighted by Gasteiger charge is -2.13. The summed E-state index contributed by atoms with van der Waals surface area (Å²) in [4.78, 5) is 0. The molecule has 0 aliphatic rings. The molecule has 0 aliphatic carbocycles. The van der Waals surface area contributed by atoms with Crippen molar-refractivity contribution < 1.29 is 17.6 Å². The molecule has 2 rings (SSSR count). The molecule has 20 heavy (non-hydrogen) atoms. The van der Waals surface area contributed by atoms with E-state index >= 15 is 0 Å². The number of nitrogens with one attached hydrogen (secondary N) is 1. The Morgan fingerprint density at radius 3 is 2.40 bits per heavy atom. The Kier molecular flexibility index (Phi) is 3.89. The van der Waals surface area contributed by atoms with Gasteiger partial charge in [-0.25, -0.2) is 4.39 Å². The predicted octanol–water partition coefficient (Wildman–Crippen LogP) is 4.93. The van der Waals surface area contributed by atoms with Gasteiger partial charge in [-0.05, 0) is 36.4 Å². The molecule has 0 bridgehead atoms. The highest BCUT2D eigenvalue weighted by Crippen LogP contribution is 2.37. The third-order valence-corrected chi connectivity index (χ3v) is 3.26. The zero-order valence-electron chi connectivity index (χ0n) is 9.93. The first kappa shape index (κ1) is 14.6. The molecule has 0 aromatic heterocycles. The highest BCUT2D eigenvalue weighted by molar-refractivity contribution is 9.10. The first-order chi connectivity index (χ1) is 9.27. The van der Waals surface area contributed by atoms with E-state index in [2.05, 4.69) is 21.2 Å². The molecule has 7 heteroatoms. The Balaban J connectivity index is 2.37. The monoisotopic (exact) mass is 348 g/mol. The van der Waals surface area contributed by atoms with Crippen molar-refractivity contribution in [3.8, 4) is 0 Å². The summed E-state index contributed by atoms with van der Waals surface area (Å²) in [7, 11) is 0. The second-order valence-corrected chi connectivity index (χ2v) is 4.90. The number of hydrogen-bond donors (Lipinski definition) is 2. The van der Waals surface area contributed by atoms with Crippen molar-refractivity contribution in [1.82, 2.24) is 0 Å². The molecule has 106 valence electrons. The van der Waals surface area contributed by atoms with E-state index in [0.717, 1.165) is 12.1 Å². The fourth-order valence-corrected chi connectivity index (χ4v) is 2.08. The Bertz CT molecular complexity index is 641. The standard InChI is InChI=1S/C13H9BrF4N2/c14-10-3-2-8(6-9(10)13(16,17)18)20-12-5-7(15)1-4-11(12)19/h1-6,20H,19H2. The van der Waals surface area contributed by atoms with Gasteiger partial charge >= 0.3 is 6.18 Å². The maximum atomic E-state index is 13.1. The summed E-state index contributed by atoms with van der Waals surface area (Å²) < 4.78 is 51.3. The van der Waals surface area contributed by atoms with E-state index in [9.17, 15) is 17.6 Å². The molecule has 0 atom stereocenters. The van der Waals surface area contributed by atoms with Crippen molar-refractivity contribution in [1.29, 1.82) is 0 Å². The summed E-state index contributed by atoms with van der Waals surface area (Å²) in [5.74, 6) is -0.533. The number of hydrogen-bond acceptors (Lipinski definition) is 2. The van der Waals surface area contributed by atoms with Crippen molar-refractivity contribution in [3.63, 3.8) is 0 Å². The van der Waals surface area contributed by atoms with Gasteiger partial charge in [-0.2, -0.15) is 13.2 Å². The molecular weight excluding hydrogens is 340 g/mol. The van der Waals surface area contributed by atoms with Gasteiger partial charge in [0.2, 0.25) is 0 Å². The van der Waals surface area contributed by atoms with Gasteiger partial charge in [-0.3, -0.25) is 0 Å². The molecule has 0 amide bonds. The number of nitrogens with two attached hydrogens (primary N) is 1. The quantitative estimate of drug-likeness (QED) is 0.596. The van der Waals surface area contributed by atoms with E-state index in [1.807, 2.05) is 0 Å². The largest absolute Gasteiger partial charge is 0.417 e. The molecule has 0 saturated carbocycles. The van der Waals surface area contributed by atoms with Crippen LogP contribution in [-0.4, -0.2) is 0 Å². The van der Waals surface area contributed by atoms with Crippen LogP contribution in [0.4, 0.5) is 34.6 Å². The molecule has 0 fully saturated rings. The van der Waals surface area contributed by atoms with E-state index in [1.54, 1.807) is 0 Å². The van der Waals surface area contributed by atoms with Gasteiger partial charge in [0.15, 0.2) is 0 Å². The summed E-state index contributed by atoms with van der Waals surface area (Å²) in [5, 5.41) is 2.67. The average Bonchev–Trinajstić information content (AvgIpc) is 2.35. The fraction of sp³-hybridized carbons (Fsp3) is 0.0769. The van der Waals surface area contributed by atoms with Crippen LogP contribution in [0, 0.1) is 5.82 Å². The smallest absolute Gasteiger partial charge is 0.397 e. The lowest BCUT2D eigenvalue weighted by molar-refractivity contribution is -0.138. The van der Waals surface area contributed by atoms with Crippen molar-refractivity contribution in [2.45, 2.75) is 6.18 Å². The van der Waals surface area contributed by atoms with E-state index in [-0.39, 0.29) is 21.5 Å². The molecule has 0 spiro atoms. The maximum Gasteiger partial charge on any atom is 0.417 e. The molecule has 2 aromatic carbocycles. The number of halogens is 5. The third kappa shape index (κ3) is 3.22. The second kappa shape index (κ2) is 5.32. The van der Waals surface area contributed by atoms with Crippen LogP contribution in [0.2, 0.25) is 0 Å². The first-order valence-electron chi connectivity index (χ1n) is 5.46. The normalized spacial score (nSPS) is 11.4. The molecule has 2 aromatic rings. The van der Waals surface area contributed by atoms with Crippen LogP contribution in [-0.2, 0) is 6.18 Å². The van der Waals surface area contributed by atoms with Crippen molar-refractivity contribution >= 4 is 33.0 Å². The number of benzene rings is 2. The predicted molar refractivity (Wildman–Crippen MR) is 73.2 cm³/mol. The minimum atomic E-state index is -4.48. The number of anilines is 3. The summed E-state index contributed by atoms with van der Waals surface area (Å²) in [6, 6.07) is 7.24. The maximum absolute atomic E-state index is 13.1. The van der Waals surface area contributed by atoms with Gasteiger partial charge < -0.3 is 11.1 Å². The SMILES string of the molecule is Nc1ccc(F)cc1Nc1ccc(Br)c(C(F)(F)F)c1. The average molecular weight is 349 g/mol. The van der Waals surface area contributed by atoms with Gasteiger partial charge in [0.05, 0.1) is 16.9 Å². The van der Waals surface area contributed by atoms with Crippen molar-refractivity contribution in [2.24, 2.45) is 0 Å². The van der Waals surface area contributed by atoms with Gasteiger partial charge in [-0.1, -0.05) is 15.9 Å². The van der Waals surface area contributed by atoms with E-state index in [1.165, 1.54) is 24.3 Å². The lowest BCUT2D eigenvalue weighted by atomic mass is 10.2. The summed E-state index contributed by atoms with van der Waals surface area (Å²) in [6.07, 6.45) is -4.48. The molecule has 0 heterocycles. The topological polar surface area (TPSA) is 38.0 Å². The molecule has 0 radical (unpaired) electrons. The van der Waals surface area contributed by atoms with Gasteiger partial charge in [-0.15, -0.1) is 0 Å². The molecule has 3 N–H and O–H groups in total. The number of rotatable bonds is 2. The molecule has 0 saturated heterocycles. The van der Waals surface area contributed by atoms with E-state index in [4.69, 9.17) is 5.73 Å². The number of alkyl halides is 3. The van der Waals surface area contributed by atoms with Crippen LogP contribution in [0.5, 0.6) is 0 Å². The van der Waals surface area contributed by atoms with Crippen molar-refractivity contribution in [3.05, 3.63) is 52.3 Å². The highest BCUT2D eigenvalue weighted by Gasteiger charge is 2.33. The van der Waals surface area contributed by atoms with Crippen LogP contribution in [0.1, 0.15) is 5.56 Å². The minimum absolute atomic E-state index is 0.0669. The second-order valence-electron chi connectivity index (χ2n) is 4.05. The Labute approximate surface area is 120 Å². The van der Waals surface area contributed by atoms with E-state index < -0.39 is 17.6 Å². The molecule has 2 nitrogen and oxygen atoms in total. The molecule has 0 unspecified atom stereocenters. The van der Waals surface area contributed by atoms with Crippen molar-refractivity contribution in [2.75, 3.05) is 11.1 Å². The highest BCUT2D eigenvalue weighted by atomic mass is 79.9. The van der Waals surface area contributed by atoms with Crippen LogP contribution in [0.15, 0.2) is 40.9 Å². The zero-order chi connectivity index (χ0) is 14.9. The fourth-order valence-electron chi connectivity index (χ4n) is 1.61. The first-order valence-corrected chi connectivity index (χ1v) is 6.25. The third-order valence-electron chi connectivity index (χ3n) is 2.57. The molecular formula is C13H9BrF4N2. The minimum Gasteiger partial charge on any atom is -0.397 e. The van der Waals surface area contributed by atoms with Crippen LogP contribution in [0.25, 0.3) is 0 Å². The van der Waals surface area contributed by atoms with Crippen LogP contribution < -0.4 is 11.1 Å². The number of nitrogen functional groups attached to an aromatic ring is 1. The lowest BCUT2D eigenvalue weighted by Crippen LogP contribution is -2.07.